The van der Waals surface area contributed by atoms with Gasteiger partial charge in [-0.2, -0.15) is 0 Å². The van der Waals surface area contributed by atoms with Crippen molar-refractivity contribution < 1.29 is 4.79 Å². The first kappa shape index (κ1) is 16.8. The molecule has 3 heterocycles. The van der Waals surface area contributed by atoms with Crippen LogP contribution in [0.2, 0.25) is 0 Å². The quantitative estimate of drug-likeness (QED) is 0.684. The molecule has 5 nitrogen and oxygen atoms in total. The highest BCUT2D eigenvalue weighted by Crippen LogP contribution is 2.30. The van der Waals surface area contributed by atoms with Gasteiger partial charge in [0.1, 0.15) is 6.54 Å². The van der Waals surface area contributed by atoms with Gasteiger partial charge >= 0.3 is 0 Å². The van der Waals surface area contributed by atoms with Crippen molar-refractivity contribution in [3.63, 3.8) is 0 Å². The molecule has 0 atom stereocenters. The van der Waals surface area contributed by atoms with Crippen LogP contribution < -0.4 is 10.6 Å². The van der Waals surface area contributed by atoms with E-state index < -0.39 is 0 Å². The maximum absolute atomic E-state index is 12.6. The number of hydrogen-bond donors (Lipinski definition) is 2. The first-order valence-corrected chi connectivity index (χ1v) is 10.0. The third kappa shape index (κ3) is 3.36. The average molecular weight is 419 g/mol. The molecule has 0 aliphatic carbocycles. The molecule has 0 bridgehead atoms. The number of carbonyl (C=O) groups is 1. The van der Waals surface area contributed by atoms with Crippen LogP contribution >= 0.6 is 27.3 Å². The maximum atomic E-state index is 12.6. The second-order valence-corrected chi connectivity index (χ2v) is 8.04. The van der Waals surface area contributed by atoms with E-state index in [9.17, 15) is 4.79 Å². The predicted molar refractivity (Wildman–Crippen MR) is 105 cm³/mol. The van der Waals surface area contributed by atoms with Crippen LogP contribution in [0.3, 0.4) is 0 Å². The second kappa shape index (κ2) is 6.90. The maximum Gasteiger partial charge on any atom is 0.246 e. The van der Waals surface area contributed by atoms with E-state index in [4.69, 9.17) is 0 Å². The van der Waals surface area contributed by atoms with Crippen LogP contribution in [0.1, 0.15) is 17.0 Å². The number of aryl methyl sites for hydroxylation is 1. The lowest BCUT2D eigenvalue weighted by Crippen LogP contribution is -2.21. The van der Waals surface area contributed by atoms with Gasteiger partial charge in [0.15, 0.2) is 5.13 Å². The number of halogens is 1. The predicted octanol–water partition coefficient (Wildman–Crippen LogP) is 3.50. The third-order valence-electron chi connectivity index (χ3n) is 4.51. The first-order chi connectivity index (χ1) is 12.1. The highest BCUT2D eigenvalue weighted by molar-refractivity contribution is 9.10. The smallest absolute Gasteiger partial charge is 0.246 e. The van der Waals surface area contributed by atoms with E-state index in [1.165, 1.54) is 28.0 Å². The molecule has 1 aliphatic rings. The molecule has 7 heteroatoms. The van der Waals surface area contributed by atoms with Crippen LogP contribution in [-0.4, -0.2) is 28.5 Å². The van der Waals surface area contributed by atoms with E-state index in [0.29, 0.717) is 11.7 Å². The summed E-state index contributed by atoms with van der Waals surface area (Å²) in [5.41, 5.74) is 4.68. The molecule has 3 aromatic rings. The molecule has 0 saturated carbocycles. The fraction of sp³-hybridized carbons (Fsp3) is 0.333. The summed E-state index contributed by atoms with van der Waals surface area (Å²) in [4.78, 5) is 16.9. The highest BCUT2D eigenvalue weighted by Gasteiger charge is 2.20. The van der Waals surface area contributed by atoms with Crippen LogP contribution in [-0.2, 0) is 24.2 Å². The summed E-state index contributed by atoms with van der Waals surface area (Å²) in [7, 11) is 0. The van der Waals surface area contributed by atoms with E-state index >= 15 is 0 Å². The van der Waals surface area contributed by atoms with Crippen molar-refractivity contribution in [1.29, 1.82) is 0 Å². The summed E-state index contributed by atoms with van der Waals surface area (Å²) in [5.74, 6) is -0.0359. The molecule has 2 N–H and O–H groups in total. The van der Waals surface area contributed by atoms with Gasteiger partial charge in [0.25, 0.3) is 0 Å². The van der Waals surface area contributed by atoms with Gasteiger partial charge in [0.2, 0.25) is 5.91 Å². The number of anilines is 1. The van der Waals surface area contributed by atoms with Gasteiger partial charge in [-0.15, -0.1) is 11.3 Å². The number of aromatic nitrogens is 2. The lowest BCUT2D eigenvalue weighted by Gasteiger charge is -2.10. The molecule has 25 heavy (non-hydrogen) atoms. The molecule has 0 saturated heterocycles. The largest absolute Gasteiger partial charge is 0.335 e. The Labute approximate surface area is 158 Å². The van der Waals surface area contributed by atoms with E-state index in [1.54, 1.807) is 0 Å². The number of hydrogen-bond acceptors (Lipinski definition) is 4. The minimum absolute atomic E-state index is 0.0359. The molecule has 0 unspecified atom stereocenters. The molecular formula is C18H19BrN4OS. The van der Waals surface area contributed by atoms with Gasteiger partial charge < -0.3 is 15.2 Å². The Balaban J connectivity index is 1.71. The van der Waals surface area contributed by atoms with Crippen molar-refractivity contribution in [2.45, 2.75) is 26.3 Å². The highest BCUT2D eigenvalue weighted by atomic mass is 79.9. The SMILES string of the molecule is Cc1csc(NC(=O)Cn2c3c(c4ccc(Br)cc42)CCNCC3)n1. The molecule has 0 radical (unpaired) electrons. The number of nitrogens with zero attached hydrogens (tertiary/aromatic N) is 2. The number of rotatable bonds is 3. The van der Waals surface area contributed by atoms with Gasteiger partial charge in [-0.25, -0.2) is 4.98 Å². The Bertz CT molecular complexity index is 946. The minimum atomic E-state index is -0.0359. The first-order valence-electron chi connectivity index (χ1n) is 8.34. The van der Waals surface area contributed by atoms with Gasteiger partial charge in [-0.1, -0.05) is 22.0 Å². The zero-order valence-electron chi connectivity index (χ0n) is 13.9. The standard InChI is InChI=1S/C18H19BrN4OS/c1-11-10-25-18(21-11)22-17(24)9-23-15-5-7-20-6-4-14(15)13-3-2-12(19)8-16(13)23/h2-3,8,10,20H,4-7,9H2,1H3,(H,21,22,24). The van der Waals surface area contributed by atoms with Gasteiger partial charge in [-0.3, -0.25) is 4.79 Å². The molecule has 1 aromatic carbocycles. The summed E-state index contributed by atoms with van der Waals surface area (Å²) in [6.07, 6.45) is 1.93. The zero-order chi connectivity index (χ0) is 17.4. The fourth-order valence-electron chi connectivity index (χ4n) is 3.45. The molecule has 0 fully saturated rings. The van der Waals surface area contributed by atoms with Crippen LogP contribution in [0.15, 0.2) is 28.1 Å². The van der Waals surface area contributed by atoms with Crippen LogP contribution in [0.25, 0.3) is 10.9 Å². The Kier molecular flexibility index (Phi) is 4.62. The van der Waals surface area contributed by atoms with Crippen LogP contribution in [0.5, 0.6) is 0 Å². The van der Waals surface area contributed by atoms with Crippen molar-refractivity contribution in [1.82, 2.24) is 14.9 Å². The molecule has 1 aliphatic heterocycles. The fourth-order valence-corrected chi connectivity index (χ4v) is 4.50. The van der Waals surface area contributed by atoms with Crippen LogP contribution in [0, 0.1) is 6.92 Å². The molecule has 2 aromatic heterocycles. The molecule has 1 amide bonds. The Hall–Kier alpha value is -1.70. The topological polar surface area (TPSA) is 59.0 Å². The summed E-state index contributed by atoms with van der Waals surface area (Å²) < 4.78 is 3.20. The monoisotopic (exact) mass is 418 g/mol. The van der Waals surface area contributed by atoms with Crippen molar-refractivity contribution in [2.24, 2.45) is 0 Å². The minimum Gasteiger partial charge on any atom is -0.335 e. The molecule has 4 rings (SSSR count). The summed E-state index contributed by atoms with van der Waals surface area (Å²) in [6, 6.07) is 6.34. The summed E-state index contributed by atoms with van der Waals surface area (Å²) in [6.45, 7) is 4.15. The van der Waals surface area contributed by atoms with E-state index in [0.717, 1.165) is 41.6 Å². The van der Waals surface area contributed by atoms with Gasteiger partial charge in [0, 0.05) is 33.9 Å². The number of fused-ring (bicyclic) bond motifs is 3. The Morgan fingerprint density at radius 3 is 3.04 bits per heavy atom. The van der Waals surface area contributed by atoms with Crippen molar-refractivity contribution in [3.8, 4) is 0 Å². The lowest BCUT2D eigenvalue weighted by molar-refractivity contribution is -0.116. The number of thiazole rings is 1. The molecular weight excluding hydrogens is 400 g/mol. The van der Waals surface area contributed by atoms with Gasteiger partial charge in [0.05, 0.1) is 11.2 Å². The van der Waals surface area contributed by atoms with Crippen molar-refractivity contribution in [2.75, 3.05) is 18.4 Å². The van der Waals surface area contributed by atoms with E-state index in [-0.39, 0.29) is 5.91 Å². The number of benzene rings is 1. The van der Waals surface area contributed by atoms with E-state index in [1.807, 2.05) is 12.3 Å². The summed E-state index contributed by atoms with van der Waals surface area (Å²) in [5, 5.41) is 10.2. The molecule has 0 spiro atoms. The zero-order valence-corrected chi connectivity index (χ0v) is 16.3. The third-order valence-corrected chi connectivity index (χ3v) is 5.88. The molecule has 130 valence electrons. The normalized spacial score (nSPS) is 14.3. The number of amides is 1. The Morgan fingerprint density at radius 2 is 2.24 bits per heavy atom. The van der Waals surface area contributed by atoms with Crippen molar-refractivity contribution in [3.05, 3.63) is 45.0 Å². The number of nitrogens with one attached hydrogen (secondary N) is 2. The van der Waals surface area contributed by atoms with Gasteiger partial charge in [-0.05, 0) is 37.6 Å². The summed E-state index contributed by atoms with van der Waals surface area (Å²) >= 11 is 5.02. The lowest BCUT2D eigenvalue weighted by atomic mass is 10.1. The second-order valence-electron chi connectivity index (χ2n) is 6.27. The van der Waals surface area contributed by atoms with E-state index in [2.05, 4.69) is 54.3 Å². The number of carbonyl (C=O) groups excluding carboxylic acids is 1. The Morgan fingerprint density at radius 1 is 1.40 bits per heavy atom. The van der Waals surface area contributed by atoms with Crippen LogP contribution in [0.4, 0.5) is 5.13 Å². The van der Waals surface area contributed by atoms with Crippen molar-refractivity contribution >= 4 is 49.2 Å². The average Bonchev–Trinajstić information content (AvgIpc) is 2.99.